The lowest BCUT2D eigenvalue weighted by Crippen LogP contribution is -2.41. The van der Waals surface area contributed by atoms with Crippen LogP contribution in [0, 0.1) is 5.82 Å². The SMILES string of the molecule is CN=C(NCc1ccccc1F)NCC(C)Oc1ccccc1. The van der Waals surface area contributed by atoms with Gasteiger partial charge in [0.05, 0.1) is 6.54 Å². The second-order valence-corrected chi connectivity index (χ2v) is 5.14. The normalized spacial score (nSPS) is 12.6. The molecule has 5 heteroatoms. The van der Waals surface area contributed by atoms with Crippen LogP contribution in [0.15, 0.2) is 59.6 Å². The van der Waals surface area contributed by atoms with Gasteiger partial charge in [-0.3, -0.25) is 4.99 Å². The molecular weight excluding hydrogens is 293 g/mol. The van der Waals surface area contributed by atoms with Crippen LogP contribution in [0.4, 0.5) is 4.39 Å². The quantitative estimate of drug-likeness (QED) is 0.636. The summed E-state index contributed by atoms with van der Waals surface area (Å²) in [5.74, 6) is 1.21. The fourth-order valence-electron chi connectivity index (χ4n) is 2.05. The first-order valence-electron chi connectivity index (χ1n) is 7.58. The lowest BCUT2D eigenvalue weighted by atomic mass is 10.2. The van der Waals surface area contributed by atoms with Gasteiger partial charge >= 0.3 is 0 Å². The Kier molecular flexibility index (Phi) is 6.41. The lowest BCUT2D eigenvalue weighted by Gasteiger charge is -2.17. The number of para-hydroxylation sites is 1. The second kappa shape index (κ2) is 8.78. The average Bonchev–Trinajstić information content (AvgIpc) is 2.57. The summed E-state index contributed by atoms with van der Waals surface area (Å²) in [5, 5.41) is 6.26. The highest BCUT2D eigenvalue weighted by molar-refractivity contribution is 5.79. The fraction of sp³-hybridized carbons (Fsp3) is 0.278. The van der Waals surface area contributed by atoms with Gasteiger partial charge in [0.2, 0.25) is 0 Å². The van der Waals surface area contributed by atoms with Crippen molar-refractivity contribution in [2.75, 3.05) is 13.6 Å². The standard InChI is InChI=1S/C18H22FN3O/c1-14(23-16-9-4-3-5-10-16)12-21-18(20-2)22-13-15-8-6-7-11-17(15)19/h3-11,14H,12-13H2,1-2H3,(H2,20,21,22). The number of hydrogen-bond donors (Lipinski definition) is 2. The highest BCUT2D eigenvalue weighted by atomic mass is 19.1. The number of aliphatic imine (C=N–C) groups is 1. The molecule has 2 aromatic carbocycles. The van der Waals surface area contributed by atoms with E-state index in [4.69, 9.17) is 4.74 Å². The monoisotopic (exact) mass is 315 g/mol. The fourth-order valence-corrected chi connectivity index (χ4v) is 2.05. The molecule has 122 valence electrons. The number of halogens is 1. The summed E-state index contributed by atoms with van der Waals surface area (Å²) < 4.78 is 19.4. The number of nitrogens with zero attached hydrogens (tertiary/aromatic N) is 1. The molecule has 0 aliphatic rings. The molecule has 4 nitrogen and oxygen atoms in total. The summed E-state index contributed by atoms with van der Waals surface area (Å²) in [5.41, 5.74) is 0.601. The van der Waals surface area contributed by atoms with Crippen molar-refractivity contribution >= 4 is 5.96 Å². The Morgan fingerprint density at radius 3 is 2.48 bits per heavy atom. The predicted molar refractivity (Wildman–Crippen MR) is 91.1 cm³/mol. The largest absolute Gasteiger partial charge is 0.489 e. The maximum absolute atomic E-state index is 13.6. The molecule has 0 bridgehead atoms. The number of guanidine groups is 1. The first-order valence-corrected chi connectivity index (χ1v) is 7.58. The van der Waals surface area contributed by atoms with E-state index >= 15 is 0 Å². The van der Waals surface area contributed by atoms with Crippen molar-refractivity contribution in [3.8, 4) is 5.75 Å². The number of rotatable bonds is 6. The van der Waals surface area contributed by atoms with Gasteiger partial charge in [-0.05, 0) is 25.1 Å². The van der Waals surface area contributed by atoms with Crippen molar-refractivity contribution in [2.24, 2.45) is 4.99 Å². The average molecular weight is 315 g/mol. The zero-order valence-electron chi connectivity index (χ0n) is 13.4. The lowest BCUT2D eigenvalue weighted by molar-refractivity contribution is 0.224. The number of ether oxygens (including phenoxy) is 1. The molecule has 0 radical (unpaired) electrons. The molecule has 2 aromatic rings. The zero-order valence-corrected chi connectivity index (χ0v) is 13.4. The van der Waals surface area contributed by atoms with E-state index in [1.807, 2.05) is 43.3 Å². The molecule has 0 aliphatic heterocycles. The molecule has 0 aliphatic carbocycles. The van der Waals surface area contributed by atoms with E-state index in [-0.39, 0.29) is 11.9 Å². The van der Waals surface area contributed by atoms with Crippen LogP contribution in [0.25, 0.3) is 0 Å². The van der Waals surface area contributed by atoms with Crippen LogP contribution in [0.5, 0.6) is 5.75 Å². The molecular formula is C18H22FN3O. The van der Waals surface area contributed by atoms with Gasteiger partial charge in [-0.25, -0.2) is 4.39 Å². The molecule has 0 aromatic heterocycles. The van der Waals surface area contributed by atoms with Crippen LogP contribution >= 0.6 is 0 Å². The number of nitrogens with one attached hydrogen (secondary N) is 2. The molecule has 1 atom stereocenters. The summed E-state index contributed by atoms with van der Waals surface area (Å²) in [7, 11) is 1.68. The third-order valence-corrected chi connectivity index (χ3v) is 3.27. The number of hydrogen-bond acceptors (Lipinski definition) is 2. The molecule has 1 unspecified atom stereocenters. The third kappa shape index (κ3) is 5.62. The molecule has 0 saturated carbocycles. The van der Waals surface area contributed by atoms with Crippen LogP contribution in [-0.4, -0.2) is 25.7 Å². The molecule has 0 fully saturated rings. The van der Waals surface area contributed by atoms with E-state index in [2.05, 4.69) is 15.6 Å². The van der Waals surface area contributed by atoms with Crippen molar-refractivity contribution in [1.29, 1.82) is 0 Å². The van der Waals surface area contributed by atoms with Crippen LogP contribution in [0.2, 0.25) is 0 Å². The van der Waals surface area contributed by atoms with Crippen LogP contribution in [-0.2, 0) is 6.54 Å². The molecule has 0 spiro atoms. The van der Waals surface area contributed by atoms with E-state index < -0.39 is 0 Å². The van der Waals surface area contributed by atoms with Gasteiger partial charge in [0, 0.05) is 19.2 Å². The molecule has 2 rings (SSSR count). The van der Waals surface area contributed by atoms with E-state index in [0.717, 1.165) is 5.75 Å². The van der Waals surface area contributed by atoms with E-state index in [9.17, 15) is 4.39 Å². The topological polar surface area (TPSA) is 45.7 Å². The molecule has 0 saturated heterocycles. The maximum atomic E-state index is 13.6. The van der Waals surface area contributed by atoms with Crippen molar-refractivity contribution in [2.45, 2.75) is 19.6 Å². The maximum Gasteiger partial charge on any atom is 0.191 e. The van der Waals surface area contributed by atoms with Crippen LogP contribution < -0.4 is 15.4 Å². The van der Waals surface area contributed by atoms with Crippen molar-refractivity contribution in [3.63, 3.8) is 0 Å². The van der Waals surface area contributed by atoms with Gasteiger partial charge in [0.15, 0.2) is 5.96 Å². The van der Waals surface area contributed by atoms with E-state index in [0.29, 0.717) is 24.6 Å². The van der Waals surface area contributed by atoms with E-state index in [1.165, 1.54) is 6.07 Å². The molecule has 0 amide bonds. The Hall–Kier alpha value is -2.56. The van der Waals surface area contributed by atoms with Gasteiger partial charge in [0.1, 0.15) is 17.7 Å². The summed E-state index contributed by atoms with van der Waals surface area (Å²) in [6, 6.07) is 16.3. The molecule has 2 N–H and O–H groups in total. The van der Waals surface area contributed by atoms with Gasteiger partial charge in [-0.15, -0.1) is 0 Å². The van der Waals surface area contributed by atoms with Gasteiger partial charge in [0.25, 0.3) is 0 Å². The van der Waals surface area contributed by atoms with Gasteiger partial charge in [-0.2, -0.15) is 0 Å². The van der Waals surface area contributed by atoms with Gasteiger partial charge in [-0.1, -0.05) is 36.4 Å². The zero-order chi connectivity index (χ0) is 16.5. The first-order chi connectivity index (χ1) is 11.2. The Bertz CT molecular complexity index is 631. The number of benzene rings is 2. The minimum Gasteiger partial charge on any atom is -0.489 e. The van der Waals surface area contributed by atoms with E-state index in [1.54, 1.807) is 19.2 Å². The van der Waals surface area contributed by atoms with Crippen molar-refractivity contribution in [1.82, 2.24) is 10.6 Å². The van der Waals surface area contributed by atoms with Crippen molar-refractivity contribution in [3.05, 3.63) is 66.0 Å². The molecule has 23 heavy (non-hydrogen) atoms. The predicted octanol–water partition coefficient (Wildman–Crippen LogP) is 2.96. The Morgan fingerprint density at radius 1 is 1.09 bits per heavy atom. The Balaban J connectivity index is 1.78. The summed E-state index contributed by atoms with van der Waals surface area (Å²) in [6.45, 7) is 2.94. The highest BCUT2D eigenvalue weighted by Crippen LogP contribution is 2.10. The summed E-state index contributed by atoms with van der Waals surface area (Å²) in [4.78, 5) is 4.13. The highest BCUT2D eigenvalue weighted by Gasteiger charge is 2.06. The smallest absolute Gasteiger partial charge is 0.191 e. The third-order valence-electron chi connectivity index (χ3n) is 3.27. The van der Waals surface area contributed by atoms with Gasteiger partial charge < -0.3 is 15.4 Å². The van der Waals surface area contributed by atoms with Crippen LogP contribution in [0.1, 0.15) is 12.5 Å². The van der Waals surface area contributed by atoms with Crippen molar-refractivity contribution < 1.29 is 9.13 Å². The summed E-state index contributed by atoms with van der Waals surface area (Å²) >= 11 is 0. The Labute approximate surface area is 136 Å². The van der Waals surface area contributed by atoms with Crippen LogP contribution in [0.3, 0.4) is 0 Å². The summed E-state index contributed by atoms with van der Waals surface area (Å²) in [6.07, 6.45) is -0.0237. The minimum absolute atomic E-state index is 0.0237. The Morgan fingerprint density at radius 2 is 1.78 bits per heavy atom. The molecule has 0 heterocycles. The minimum atomic E-state index is -0.226. The second-order valence-electron chi connectivity index (χ2n) is 5.14. The first kappa shape index (κ1) is 16.8.